The molecule has 1 aliphatic heterocycles. The minimum atomic E-state index is -0.243. The number of amides is 2. The van der Waals surface area contributed by atoms with Gasteiger partial charge in [-0.2, -0.15) is 0 Å². The van der Waals surface area contributed by atoms with Crippen LogP contribution in [0.25, 0.3) is 0 Å². The Morgan fingerprint density at radius 2 is 2.29 bits per heavy atom. The molecule has 2 rings (SSSR count). The quantitative estimate of drug-likeness (QED) is 0.878. The zero-order chi connectivity index (χ0) is 12.3. The predicted octanol–water partition coefficient (Wildman–Crippen LogP) is 2.18. The SMILES string of the molecule is O=C(NCc1cc(Br)cs1)N1CCC(O)CC1. The summed E-state index contributed by atoms with van der Waals surface area (Å²) >= 11 is 5.00. The normalized spacial score (nSPS) is 17.2. The third-order valence-electron chi connectivity index (χ3n) is 2.79. The van der Waals surface area contributed by atoms with E-state index < -0.39 is 0 Å². The van der Waals surface area contributed by atoms with Gasteiger partial charge in [0.15, 0.2) is 0 Å². The maximum atomic E-state index is 11.8. The van der Waals surface area contributed by atoms with Gasteiger partial charge in [0.25, 0.3) is 0 Å². The van der Waals surface area contributed by atoms with Gasteiger partial charge in [-0.1, -0.05) is 0 Å². The van der Waals surface area contributed by atoms with E-state index in [0.717, 1.165) is 9.35 Å². The van der Waals surface area contributed by atoms with Crippen molar-refractivity contribution in [1.82, 2.24) is 10.2 Å². The lowest BCUT2D eigenvalue weighted by atomic mass is 10.1. The van der Waals surface area contributed by atoms with E-state index in [4.69, 9.17) is 0 Å². The Hall–Kier alpha value is -0.590. The van der Waals surface area contributed by atoms with E-state index in [9.17, 15) is 9.90 Å². The summed E-state index contributed by atoms with van der Waals surface area (Å²) in [6.07, 6.45) is 1.11. The van der Waals surface area contributed by atoms with Crippen molar-refractivity contribution in [2.75, 3.05) is 13.1 Å². The van der Waals surface area contributed by atoms with Crippen molar-refractivity contribution < 1.29 is 9.90 Å². The van der Waals surface area contributed by atoms with Crippen LogP contribution in [0.15, 0.2) is 15.9 Å². The minimum Gasteiger partial charge on any atom is -0.393 e. The molecule has 94 valence electrons. The molecule has 2 heterocycles. The van der Waals surface area contributed by atoms with Crippen molar-refractivity contribution in [3.05, 3.63) is 20.8 Å². The summed E-state index contributed by atoms with van der Waals surface area (Å²) in [6, 6.07) is 1.96. The van der Waals surface area contributed by atoms with Gasteiger partial charge >= 0.3 is 6.03 Å². The van der Waals surface area contributed by atoms with Crippen molar-refractivity contribution in [3.8, 4) is 0 Å². The highest BCUT2D eigenvalue weighted by Gasteiger charge is 2.20. The number of aliphatic hydroxyl groups excluding tert-OH is 1. The Labute approximate surface area is 113 Å². The van der Waals surface area contributed by atoms with Crippen molar-refractivity contribution in [3.63, 3.8) is 0 Å². The summed E-state index contributed by atoms with van der Waals surface area (Å²) in [7, 11) is 0. The average molecular weight is 319 g/mol. The molecule has 6 heteroatoms. The third-order valence-corrected chi connectivity index (χ3v) is 4.48. The second-order valence-corrected chi connectivity index (χ2v) is 6.02. The molecule has 0 radical (unpaired) electrons. The Morgan fingerprint density at radius 3 is 2.88 bits per heavy atom. The fraction of sp³-hybridized carbons (Fsp3) is 0.545. The molecule has 2 N–H and O–H groups in total. The van der Waals surface area contributed by atoms with Gasteiger partial charge in [0.2, 0.25) is 0 Å². The van der Waals surface area contributed by atoms with Gasteiger partial charge in [-0.05, 0) is 34.8 Å². The number of nitrogens with one attached hydrogen (secondary N) is 1. The average Bonchev–Trinajstić information content (AvgIpc) is 2.73. The summed E-state index contributed by atoms with van der Waals surface area (Å²) in [5.41, 5.74) is 0. The molecule has 1 aromatic heterocycles. The first-order valence-corrected chi connectivity index (χ1v) is 7.26. The zero-order valence-electron chi connectivity index (χ0n) is 9.36. The summed E-state index contributed by atoms with van der Waals surface area (Å²) in [5.74, 6) is 0. The van der Waals surface area contributed by atoms with Crippen molar-refractivity contribution in [2.24, 2.45) is 0 Å². The maximum absolute atomic E-state index is 11.8. The van der Waals surface area contributed by atoms with E-state index >= 15 is 0 Å². The Bertz CT molecular complexity index is 389. The number of thiophene rings is 1. The summed E-state index contributed by atoms with van der Waals surface area (Å²) in [6.45, 7) is 1.84. The zero-order valence-corrected chi connectivity index (χ0v) is 11.8. The number of piperidine rings is 1. The highest BCUT2D eigenvalue weighted by molar-refractivity contribution is 9.10. The molecule has 1 aliphatic rings. The number of urea groups is 1. The molecule has 1 fully saturated rings. The Morgan fingerprint density at radius 1 is 1.59 bits per heavy atom. The number of rotatable bonds is 2. The van der Waals surface area contributed by atoms with E-state index in [0.29, 0.717) is 32.5 Å². The van der Waals surface area contributed by atoms with Gasteiger partial charge in [-0.3, -0.25) is 0 Å². The van der Waals surface area contributed by atoms with Crippen LogP contribution in [-0.4, -0.2) is 35.2 Å². The largest absolute Gasteiger partial charge is 0.393 e. The lowest BCUT2D eigenvalue weighted by Crippen LogP contribution is -2.45. The van der Waals surface area contributed by atoms with E-state index in [1.807, 2.05) is 11.4 Å². The number of likely N-dealkylation sites (tertiary alicyclic amines) is 1. The van der Waals surface area contributed by atoms with Crippen molar-refractivity contribution in [1.29, 1.82) is 0 Å². The lowest BCUT2D eigenvalue weighted by molar-refractivity contribution is 0.0936. The molecule has 17 heavy (non-hydrogen) atoms. The molecular weight excluding hydrogens is 304 g/mol. The van der Waals surface area contributed by atoms with Crippen molar-refractivity contribution >= 4 is 33.3 Å². The van der Waals surface area contributed by atoms with Crippen LogP contribution in [0.4, 0.5) is 4.79 Å². The van der Waals surface area contributed by atoms with Crippen LogP contribution in [0.3, 0.4) is 0 Å². The first kappa shape index (κ1) is 12.9. The Balaban J connectivity index is 1.77. The number of hydrogen-bond donors (Lipinski definition) is 2. The third kappa shape index (κ3) is 3.69. The van der Waals surface area contributed by atoms with Gasteiger partial charge in [0.1, 0.15) is 0 Å². The van der Waals surface area contributed by atoms with Crippen LogP contribution >= 0.6 is 27.3 Å². The van der Waals surface area contributed by atoms with Crippen LogP contribution < -0.4 is 5.32 Å². The number of halogens is 1. The number of nitrogens with zero attached hydrogens (tertiary/aromatic N) is 1. The number of carbonyl (C=O) groups excluding carboxylic acids is 1. The summed E-state index contributed by atoms with van der Waals surface area (Å²) in [5, 5.41) is 14.2. The maximum Gasteiger partial charge on any atom is 0.317 e. The molecule has 0 saturated carbocycles. The van der Waals surface area contributed by atoms with Gasteiger partial charge in [-0.15, -0.1) is 11.3 Å². The molecular formula is C11H15BrN2O2S. The smallest absolute Gasteiger partial charge is 0.317 e. The van der Waals surface area contributed by atoms with E-state index in [2.05, 4.69) is 21.2 Å². The van der Waals surface area contributed by atoms with E-state index in [1.165, 1.54) is 0 Å². The fourth-order valence-electron chi connectivity index (χ4n) is 1.79. The topological polar surface area (TPSA) is 52.6 Å². The van der Waals surface area contributed by atoms with Crippen LogP contribution in [0.1, 0.15) is 17.7 Å². The number of hydrogen-bond acceptors (Lipinski definition) is 3. The molecule has 0 atom stereocenters. The second kappa shape index (κ2) is 5.84. The molecule has 0 aliphatic carbocycles. The molecule has 1 saturated heterocycles. The van der Waals surface area contributed by atoms with Gasteiger partial charge in [-0.25, -0.2) is 4.79 Å². The lowest BCUT2D eigenvalue weighted by Gasteiger charge is -2.29. The molecule has 0 unspecified atom stereocenters. The molecule has 2 amide bonds. The first-order valence-electron chi connectivity index (χ1n) is 5.59. The highest BCUT2D eigenvalue weighted by atomic mass is 79.9. The predicted molar refractivity (Wildman–Crippen MR) is 71.1 cm³/mol. The van der Waals surface area contributed by atoms with Crippen LogP contribution in [0.2, 0.25) is 0 Å². The minimum absolute atomic E-state index is 0.0403. The Kier molecular flexibility index (Phi) is 4.42. The summed E-state index contributed by atoms with van der Waals surface area (Å²) < 4.78 is 1.05. The highest BCUT2D eigenvalue weighted by Crippen LogP contribution is 2.19. The number of aliphatic hydroxyl groups is 1. The van der Waals surface area contributed by atoms with E-state index in [1.54, 1.807) is 16.2 Å². The number of carbonyl (C=O) groups is 1. The first-order chi connectivity index (χ1) is 8.15. The monoisotopic (exact) mass is 318 g/mol. The fourth-order valence-corrected chi connectivity index (χ4v) is 3.18. The van der Waals surface area contributed by atoms with Gasteiger partial charge < -0.3 is 15.3 Å². The van der Waals surface area contributed by atoms with Crippen molar-refractivity contribution in [2.45, 2.75) is 25.5 Å². The summed E-state index contributed by atoms with van der Waals surface area (Å²) in [4.78, 5) is 14.7. The van der Waals surface area contributed by atoms with E-state index in [-0.39, 0.29) is 12.1 Å². The van der Waals surface area contributed by atoms with Gasteiger partial charge in [0, 0.05) is 27.8 Å². The molecule has 4 nitrogen and oxygen atoms in total. The molecule has 1 aromatic rings. The molecule has 0 bridgehead atoms. The second-order valence-electron chi connectivity index (χ2n) is 4.11. The van der Waals surface area contributed by atoms with Gasteiger partial charge in [0.05, 0.1) is 12.6 Å². The molecule has 0 aromatic carbocycles. The van der Waals surface area contributed by atoms with Crippen LogP contribution in [0, 0.1) is 0 Å². The van der Waals surface area contributed by atoms with Crippen LogP contribution in [-0.2, 0) is 6.54 Å². The standard InChI is InChI=1S/C11H15BrN2O2S/c12-8-5-10(17-7-8)6-13-11(16)14-3-1-9(15)2-4-14/h5,7,9,15H,1-4,6H2,(H,13,16). The molecule has 0 spiro atoms. The van der Waals surface area contributed by atoms with Crippen LogP contribution in [0.5, 0.6) is 0 Å².